The second-order valence-electron chi connectivity index (χ2n) is 10.0. The van der Waals surface area contributed by atoms with Gasteiger partial charge in [0.05, 0.1) is 65.4 Å². The van der Waals surface area contributed by atoms with Crippen LogP contribution in [0.25, 0.3) is 0 Å². The number of rotatable bonds is 20. The maximum Gasteiger partial charge on any atom is 0.407 e. The van der Waals surface area contributed by atoms with Gasteiger partial charge in [0.2, 0.25) is 5.91 Å². The first-order chi connectivity index (χ1) is 19.1. The van der Waals surface area contributed by atoms with Gasteiger partial charge in [0, 0.05) is 25.2 Å². The molecule has 1 rings (SSSR count). The van der Waals surface area contributed by atoms with Crippen LogP contribution < -0.4 is 31.0 Å². The summed E-state index contributed by atoms with van der Waals surface area (Å²) in [6, 6.07) is 2.89. The van der Waals surface area contributed by atoms with Crippen LogP contribution in [-0.4, -0.2) is 95.4 Å². The number of hydrogen-bond donors (Lipinski definition) is 3. The van der Waals surface area contributed by atoms with Crippen molar-refractivity contribution < 1.29 is 38.0 Å². The Morgan fingerprint density at radius 1 is 1.00 bits per heavy atom. The van der Waals surface area contributed by atoms with Crippen LogP contribution in [-0.2, 0) is 25.5 Å². The van der Waals surface area contributed by atoms with Crippen LogP contribution in [0.1, 0.15) is 52.5 Å². The van der Waals surface area contributed by atoms with Gasteiger partial charge in [-0.25, -0.2) is 4.79 Å². The maximum atomic E-state index is 13.3. The third-order valence-electron chi connectivity index (χ3n) is 5.63. The first-order valence-corrected chi connectivity index (χ1v) is 13.8. The number of ether oxygens (including phenoxy) is 6. The van der Waals surface area contributed by atoms with Gasteiger partial charge in [-0.1, -0.05) is 6.42 Å². The first kappa shape index (κ1) is 35.2. The lowest BCUT2D eigenvalue weighted by molar-refractivity contribution is -0.134. The number of amides is 2. The normalized spacial score (nSPS) is 12.0. The van der Waals surface area contributed by atoms with E-state index in [0.29, 0.717) is 75.3 Å². The molecular formula is C28H50N4O8. The number of alkyl carbamates (subject to hydrolysis) is 1. The van der Waals surface area contributed by atoms with Gasteiger partial charge in [-0.15, -0.1) is 0 Å². The quantitative estimate of drug-likeness (QED) is 0.199. The minimum Gasteiger partial charge on any atom is -0.496 e. The van der Waals surface area contributed by atoms with E-state index in [1.165, 1.54) is 0 Å². The summed E-state index contributed by atoms with van der Waals surface area (Å²) in [6.07, 6.45) is 1.62. The van der Waals surface area contributed by atoms with Crippen molar-refractivity contribution in [3.63, 3.8) is 0 Å². The molecule has 1 aromatic rings. The molecule has 230 valence electrons. The van der Waals surface area contributed by atoms with Gasteiger partial charge in [0.15, 0.2) is 0 Å². The number of nitrogens with one attached hydrogen (secondary N) is 1. The number of benzene rings is 1. The van der Waals surface area contributed by atoms with Gasteiger partial charge in [0.25, 0.3) is 0 Å². The van der Waals surface area contributed by atoms with Gasteiger partial charge < -0.3 is 50.1 Å². The molecule has 12 nitrogen and oxygen atoms in total. The highest BCUT2D eigenvalue weighted by Crippen LogP contribution is 2.35. The van der Waals surface area contributed by atoms with Gasteiger partial charge in [-0.05, 0) is 47.1 Å². The summed E-state index contributed by atoms with van der Waals surface area (Å²) in [7, 11) is 3.12. The highest BCUT2D eigenvalue weighted by atomic mass is 16.6. The van der Waals surface area contributed by atoms with E-state index in [4.69, 9.17) is 39.9 Å². The SMILES string of the molecule is CCOc1cc(OC)c(CN(CCOCCOCCNC(=O)OC(C)(C)C)C(=O)C(N)CCCCN)c(OC)c1. The van der Waals surface area contributed by atoms with Crippen molar-refractivity contribution in [2.75, 3.05) is 66.9 Å². The van der Waals surface area contributed by atoms with E-state index in [1.54, 1.807) is 52.0 Å². The molecule has 0 saturated carbocycles. The minimum atomic E-state index is -0.660. The molecule has 2 amide bonds. The summed E-state index contributed by atoms with van der Waals surface area (Å²) >= 11 is 0. The molecule has 0 saturated heterocycles. The lowest BCUT2D eigenvalue weighted by atomic mass is 10.1. The van der Waals surface area contributed by atoms with Crippen LogP contribution in [0.2, 0.25) is 0 Å². The van der Waals surface area contributed by atoms with Gasteiger partial charge >= 0.3 is 6.09 Å². The zero-order valence-electron chi connectivity index (χ0n) is 25.1. The minimum absolute atomic E-state index is 0.192. The van der Waals surface area contributed by atoms with Crippen molar-refractivity contribution in [2.45, 2.75) is 65.1 Å². The zero-order valence-corrected chi connectivity index (χ0v) is 25.1. The molecule has 0 radical (unpaired) electrons. The van der Waals surface area contributed by atoms with E-state index in [1.807, 2.05) is 6.92 Å². The number of carbonyl (C=O) groups is 2. The average Bonchev–Trinajstić information content (AvgIpc) is 2.90. The van der Waals surface area contributed by atoms with Crippen molar-refractivity contribution in [3.05, 3.63) is 17.7 Å². The van der Waals surface area contributed by atoms with Gasteiger partial charge in [-0.2, -0.15) is 0 Å². The smallest absolute Gasteiger partial charge is 0.407 e. The maximum absolute atomic E-state index is 13.3. The molecule has 0 aromatic heterocycles. The van der Waals surface area contributed by atoms with Crippen molar-refractivity contribution >= 4 is 12.0 Å². The highest BCUT2D eigenvalue weighted by Gasteiger charge is 2.24. The van der Waals surface area contributed by atoms with Crippen molar-refractivity contribution in [3.8, 4) is 17.2 Å². The number of carbonyl (C=O) groups excluding carboxylic acids is 2. The number of nitrogens with two attached hydrogens (primary N) is 2. The Labute approximate surface area is 238 Å². The fourth-order valence-corrected chi connectivity index (χ4v) is 3.73. The highest BCUT2D eigenvalue weighted by molar-refractivity contribution is 5.81. The molecule has 0 heterocycles. The summed E-state index contributed by atoms with van der Waals surface area (Å²) < 4.78 is 33.2. The molecule has 5 N–H and O–H groups in total. The molecule has 1 atom stereocenters. The summed E-state index contributed by atoms with van der Waals surface area (Å²) in [5, 5.41) is 2.63. The van der Waals surface area contributed by atoms with Crippen LogP contribution in [0.4, 0.5) is 4.79 Å². The number of nitrogens with zero attached hydrogens (tertiary/aromatic N) is 1. The standard InChI is InChI=1S/C28H50N4O8/c1-7-39-21-18-24(35-5)22(25(19-21)36-6)20-32(26(33)23(30)10-8-9-11-29)13-15-38-17-16-37-14-12-31-27(34)40-28(2,3)4/h18-19,23H,7-17,20,29-30H2,1-6H3,(H,31,34). The van der Waals surface area contributed by atoms with Crippen LogP contribution in [0.15, 0.2) is 12.1 Å². The predicted molar refractivity (Wildman–Crippen MR) is 153 cm³/mol. The molecule has 0 aliphatic rings. The summed E-state index contributed by atoms with van der Waals surface area (Å²) in [4.78, 5) is 26.6. The van der Waals surface area contributed by atoms with Crippen LogP contribution >= 0.6 is 0 Å². The monoisotopic (exact) mass is 570 g/mol. The second-order valence-corrected chi connectivity index (χ2v) is 10.0. The molecule has 0 bridgehead atoms. The summed E-state index contributed by atoms with van der Waals surface area (Å²) in [5.41, 5.74) is 12.0. The van der Waals surface area contributed by atoms with Crippen LogP contribution in [0, 0.1) is 0 Å². The molecule has 0 aliphatic heterocycles. The zero-order chi connectivity index (χ0) is 30.0. The number of unbranched alkanes of at least 4 members (excludes halogenated alkanes) is 1. The third kappa shape index (κ3) is 14.0. The van der Waals surface area contributed by atoms with Crippen LogP contribution in [0.3, 0.4) is 0 Å². The fraction of sp³-hybridized carbons (Fsp3) is 0.714. The van der Waals surface area contributed by atoms with Gasteiger partial charge in [0.1, 0.15) is 22.8 Å². The molecular weight excluding hydrogens is 520 g/mol. The van der Waals surface area contributed by atoms with E-state index < -0.39 is 17.7 Å². The number of hydrogen-bond acceptors (Lipinski definition) is 10. The average molecular weight is 571 g/mol. The van der Waals surface area contributed by atoms with E-state index in [9.17, 15) is 9.59 Å². The fourth-order valence-electron chi connectivity index (χ4n) is 3.73. The van der Waals surface area contributed by atoms with Crippen molar-refractivity contribution in [1.82, 2.24) is 10.2 Å². The van der Waals surface area contributed by atoms with E-state index in [2.05, 4.69) is 5.32 Å². The van der Waals surface area contributed by atoms with E-state index >= 15 is 0 Å². The molecule has 0 fully saturated rings. The Bertz CT molecular complexity index is 853. The Kier molecular flexibility index (Phi) is 17.0. The third-order valence-corrected chi connectivity index (χ3v) is 5.63. The first-order valence-electron chi connectivity index (χ1n) is 13.8. The van der Waals surface area contributed by atoms with Crippen LogP contribution in [0.5, 0.6) is 17.2 Å². The lowest BCUT2D eigenvalue weighted by Gasteiger charge is -2.27. The Morgan fingerprint density at radius 3 is 2.17 bits per heavy atom. The molecule has 12 heteroatoms. The van der Waals surface area contributed by atoms with E-state index in [-0.39, 0.29) is 19.1 Å². The Balaban J connectivity index is 2.71. The van der Waals surface area contributed by atoms with Gasteiger partial charge in [-0.3, -0.25) is 4.79 Å². The van der Waals surface area contributed by atoms with Crippen molar-refractivity contribution in [1.29, 1.82) is 0 Å². The molecule has 0 aliphatic carbocycles. The topological polar surface area (TPSA) is 157 Å². The van der Waals surface area contributed by atoms with Crippen molar-refractivity contribution in [2.24, 2.45) is 11.5 Å². The predicted octanol–water partition coefficient (Wildman–Crippen LogP) is 2.45. The Morgan fingerprint density at radius 2 is 1.62 bits per heavy atom. The summed E-state index contributed by atoms with van der Waals surface area (Å²) in [5.74, 6) is 1.52. The molecule has 1 aromatic carbocycles. The lowest BCUT2D eigenvalue weighted by Crippen LogP contribution is -2.45. The number of methoxy groups -OCH3 is 2. The summed E-state index contributed by atoms with van der Waals surface area (Å²) in [6.45, 7) is 10.5. The van der Waals surface area contributed by atoms with E-state index in [0.717, 1.165) is 12.8 Å². The molecule has 40 heavy (non-hydrogen) atoms. The largest absolute Gasteiger partial charge is 0.496 e. The Hall–Kier alpha value is -2.80. The molecule has 1 unspecified atom stereocenters. The molecule has 0 spiro atoms. The second kappa shape index (κ2) is 19.3.